The number of sulfonamides is 1. The maximum absolute atomic E-state index is 16.3. The molecule has 13 nitrogen and oxygen atoms in total. The van der Waals surface area contributed by atoms with Crippen LogP contribution in [0.25, 0.3) is 11.0 Å². The Morgan fingerprint density at radius 1 is 1.08 bits per heavy atom. The molecular formula is C42H52F4N4O9S. The van der Waals surface area contributed by atoms with Crippen LogP contribution in [0.3, 0.4) is 0 Å². The van der Waals surface area contributed by atoms with Crippen LogP contribution in [0.4, 0.5) is 17.6 Å². The van der Waals surface area contributed by atoms with Crippen LogP contribution < -0.4 is 14.2 Å². The second kappa shape index (κ2) is 14.9. The van der Waals surface area contributed by atoms with E-state index in [2.05, 4.69) is 9.97 Å². The Labute approximate surface area is 346 Å². The van der Waals surface area contributed by atoms with Crippen LogP contribution >= 0.6 is 0 Å². The molecule has 328 valence electrons. The van der Waals surface area contributed by atoms with Crippen LogP contribution in [0.5, 0.6) is 11.6 Å². The van der Waals surface area contributed by atoms with E-state index in [1.54, 1.807) is 27.7 Å². The minimum absolute atomic E-state index is 0.112. The molecule has 1 aromatic carbocycles. The fourth-order valence-corrected chi connectivity index (χ4v) is 10.1. The van der Waals surface area contributed by atoms with Crippen molar-refractivity contribution < 1.29 is 59.4 Å². The number of nitrogens with zero attached hydrogens (tertiary/aromatic N) is 3. The summed E-state index contributed by atoms with van der Waals surface area (Å²) in [6.45, 7) is 9.51. The first-order valence-corrected chi connectivity index (χ1v) is 21.8. The maximum atomic E-state index is 16.3. The second-order valence-corrected chi connectivity index (χ2v) is 21.1. The fourth-order valence-electron chi connectivity index (χ4n) is 8.81. The van der Waals surface area contributed by atoms with Gasteiger partial charge in [-0.3, -0.25) is 23.9 Å². The van der Waals surface area contributed by atoms with Gasteiger partial charge in [-0.1, -0.05) is 33.8 Å². The monoisotopic (exact) mass is 864 g/mol. The summed E-state index contributed by atoms with van der Waals surface area (Å²) >= 11 is 0. The van der Waals surface area contributed by atoms with Crippen molar-refractivity contribution in [2.45, 2.75) is 128 Å². The van der Waals surface area contributed by atoms with Gasteiger partial charge in [0.05, 0.1) is 53.2 Å². The molecule has 0 radical (unpaired) electrons. The number of nitrogens with one attached hydrogen (secondary N) is 1. The highest BCUT2D eigenvalue weighted by Gasteiger charge is 2.67. The molecule has 8 atom stereocenters. The van der Waals surface area contributed by atoms with Crippen LogP contribution in [-0.4, -0.2) is 89.4 Å². The zero-order chi connectivity index (χ0) is 44.0. The van der Waals surface area contributed by atoms with E-state index in [0.717, 1.165) is 4.90 Å². The van der Waals surface area contributed by atoms with Gasteiger partial charge in [-0.15, -0.1) is 0 Å². The third-order valence-electron chi connectivity index (χ3n) is 13.5. The molecule has 0 spiro atoms. The summed E-state index contributed by atoms with van der Waals surface area (Å²) < 4.78 is 106. The van der Waals surface area contributed by atoms with Gasteiger partial charge >= 0.3 is 11.9 Å². The van der Waals surface area contributed by atoms with Gasteiger partial charge in [0, 0.05) is 30.2 Å². The third-order valence-corrected chi connectivity index (χ3v) is 15.6. The molecule has 2 amide bonds. The summed E-state index contributed by atoms with van der Waals surface area (Å²) in [5.74, 6) is -11.2. The van der Waals surface area contributed by atoms with Gasteiger partial charge in [0.2, 0.25) is 34.1 Å². The van der Waals surface area contributed by atoms with Gasteiger partial charge in [0.1, 0.15) is 17.5 Å². The van der Waals surface area contributed by atoms with Crippen LogP contribution in [0.1, 0.15) is 98.6 Å². The second-order valence-electron chi connectivity index (χ2n) is 18.9. The molecule has 0 unspecified atom stereocenters. The van der Waals surface area contributed by atoms with E-state index in [9.17, 15) is 36.4 Å². The number of benzene rings is 1. The quantitative estimate of drug-likeness (QED) is 0.180. The smallest absolute Gasteiger partial charge is 0.313 e. The number of rotatable bonds is 8. The number of halogens is 4. The largest absolute Gasteiger partial charge is 0.497 e. The molecule has 2 aliphatic heterocycles. The lowest BCUT2D eigenvalue weighted by atomic mass is 9.77. The average molecular weight is 865 g/mol. The van der Waals surface area contributed by atoms with Gasteiger partial charge in [-0.2, -0.15) is 8.78 Å². The Bertz CT molecular complexity index is 2250. The fraction of sp³-hybridized carbons (Fsp3) is 0.667. The van der Waals surface area contributed by atoms with Gasteiger partial charge < -0.3 is 19.1 Å². The Morgan fingerprint density at radius 2 is 1.78 bits per heavy atom. The van der Waals surface area contributed by atoms with Gasteiger partial charge in [-0.25, -0.2) is 27.2 Å². The molecule has 1 N–H and O–H groups in total. The Balaban J connectivity index is 1.30. The molecule has 5 aliphatic rings. The van der Waals surface area contributed by atoms with Gasteiger partial charge in [0.25, 0.3) is 0 Å². The Hall–Kier alpha value is -4.35. The highest BCUT2D eigenvalue weighted by molar-refractivity contribution is 7.91. The number of hydrogen-bond donors (Lipinski definition) is 1. The first-order chi connectivity index (χ1) is 27.8. The summed E-state index contributed by atoms with van der Waals surface area (Å²) in [6.07, 6.45) is -2.27. The number of alkyl halides is 4. The van der Waals surface area contributed by atoms with Crippen molar-refractivity contribution >= 4 is 44.6 Å². The summed E-state index contributed by atoms with van der Waals surface area (Å²) in [5.41, 5.74) is -4.43. The number of allylic oxidation sites excluding steroid dienone is 2. The predicted molar refractivity (Wildman–Crippen MR) is 208 cm³/mol. The molecule has 2 bridgehead atoms. The minimum atomic E-state index is -4.27. The summed E-state index contributed by atoms with van der Waals surface area (Å²) in [5, 5.41) is 0. The first kappa shape index (κ1) is 43.7. The lowest BCUT2D eigenvalue weighted by molar-refractivity contribution is -0.158. The highest BCUT2D eigenvalue weighted by atomic mass is 32.2. The number of carbonyl (C=O) groups is 4. The minimum Gasteiger partial charge on any atom is -0.497 e. The third kappa shape index (κ3) is 8.08. The lowest BCUT2D eigenvalue weighted by Gasteiger charge is -2.35. The van der Waals surface area contributed by atoms with Crippen LogP contribution in [0.2, 0.25) is 0 Å². The van der Waals surface area contributed by atoms with E-state index >= 15 is 8.78 Å². The predicted octanol–water partition coefficient (Wildman–Crippen LogP) is 6.28. The van der Waals surface area contributed by atoms with Crippen LogP contribution in [0, 0.1) is 34.5 Å². The standard InChI is InChI=1S/C42H52F4N4O9S/c1-22-30-21-50(32(22)29(51)20-41(19-26(41)34(43)44)37(54)49-60(55,56)39(5)14-15-39)36(53)25(38(2,3)4)17-31(52)59-40(6)18-23(40)10-8-9-13-42(45,46)33-35(58-30)48-28-16-24(57-7)11-12-27(28)47-33/h9,11-13,16,22-23,25-26,30,32,34H,8,10,14-15,17-21H2,1-7H3,(H,49,54)/b13-9+/t22-,23-,25-,26+,30+,32+,40-,41-/m1/s1. The lowest BCUT2D eigenvalue weighted by Crippen LogP contribution is -2.50. The molecule has 2 aromatic rings. The van der Waals surface area contributed by atoms with Crippen LogP contribution in [-0.2, 0) is 39.9 Å². The molecule has 7 rings (SSSR count). The molecule has 1 aromatic heterocycles. The number of carbonyl (C=O) groups excluding carboxylic acids is 4. The van der Waals surface area contributed by atoms with Gasteiger partial charge in [-0.05, 0) is 76.0 Å². The first-order valence-electron chi connectivity index (χ1n) is 20.3. The molecular weight excluding hydrogens is 813 g/mol. The average Bonchev–Trinajstić information content (AvgIpc) is 4.11. The molecule has 3 saturated carbocycles. The number of Topliss-reactive ketones (excluding diaryl/α,β-unsaturated/α-hetero) is 1. The maximum Gasteiger partial charge on any atom is 0.313 e. The van der Waals surface area contributed by atoms with E-state index in [-0.39, 0.29) is 49.2 Å². The SMILES string of the molecule is COc1ccc2nc3c(nc2c1)O[C@H]1CN(C(=O)[C@H](C(C)(C)C)CC(=O)O[C@]2(C)C[C@H]2CC/C=C/C3(F)F)[C@H](C(=O)C[C@]2(C(=O)NS(=O)(=O)C3(C)CC3)C[C@H]2C(F)F)[C@@H]1C. The summed E-state index contributed by atoms with van der Waals surface area (Å²) in [7, 11) is -2.85. The van der Waals surface area contributed by atoms with Crippen molar-refractivity contribution in [3.05, 3.63) is 36.0 Å². The zero-order valence-corrected chi connectivity index (χ0v) is 35.5. The van der Waals surface area contributed by atoms with E-state index < -0.39 is 121 Å². The number of fused-ring (bicyclic) bond motifs is 5. The number of ketones is 1. The van der Waals surface area contributed by atoms with Gasteiger partial charge in [0.15, 0.2) is 11.5 Å². The summed E-state index contributed by atoms with van der Waals surface area (Å²) in [6, 6.07) is 3.01. The topological polar surface area (TPSA) is 171 Å². The van der Waals surface area contributed by atoms with Crippen molar-refractivity contribution in [1.82, 2.24) is 19.6 Å². The number of methoxy groups -OCH3 is 1. The number of amides is 2. The molecule has 60 heavy (non-hydrogen) atoms. The van der Waals surface area contributed by atoms with E-state index in [4.69, 9.17) is 14.2 Å². The Morgan fingerprint density at radius 3 is 2.40 bits per heavy atom. The molecule has 3 heterocycles. The van der Waals surface area contributed by atoms with E-state index in [1.165, 1.54) is 45.2 Å². The number of ether oxygens (including phenoxy) is 3. The summed E-state index contributed by atoms with van der Waals surface area (Å²) in [4.78, 5) is 66.7. The number of hydrogen-bond acceptors (Lipinski definition) is 11. The van der Waals surface area contributed by atoms with Crippen LogP contribution in [0.15, 0.2) is 30.4 Å². The normalized spacial score (nSPS) is 33.0. The molecule has 4 fully saturated rings. The zero-order valence-electron chi connectivity index (χ0n) is 34.7. The van der Waals surface area contributed by atoms with Crippen molar-refractivity contribution in [1.29, 1.82) is 0 Å². The van der Waals surface area contributed by atoms with Crippen molar-refractivity contribution in [2.24, 2.45) is 34.5 Å². The molecule has 1 saturated heterocycles. The molecule has 3 aliphatic carbocycles. The number of aromatic nitrogens is 2. The van der Waals surface area contributed by atoms with Crippen molar-refractivity contribution in [3.63, 3.8) is 0 Å². The highest BCUT2D eigenvalue weighted by Crippen LogP contribution is 2.59. The molecule has 18 heteroatoms. The Kier molecular flexibility index (Phi) is 10.9. The van der Waals surface area contributed by atoms with E-state index in [1.807, 2.05) is 4.72 Å². The van der Waals surface area contributed by atoms with Crippen molar-refractivity contribution in [2.75, 3.05) is 13.7 Å². The number of esters is 1. The van der Waals surface area contributed by atoms with Crippen molar-refractivity contribution in [3.8, 4) is 11.6 Å². The van der Waals surface area contributed by atoms with E-state index in [0.29, 0.717) is 24.7 Å².